The number of aliphatic hydroxyl groups excluding tert-OH is 1. The van der Waals surface area contributed by atoms with E-state index in [2.05, 4.69) is 21.7 Å². The first-order valence-corrected chi connectivity index (χ1v) is 9.37. The third-order valence-corrected chi connectivity index (χ3v) is 5.25. The molecule has 0 bridgehead atoms. The third-order valence-electron chi connectivity index (χ3n) is 4.51. The zero-order valence-electron chi connectivity index (χ0n) is 15.6. The molecule has 7 nitrogen and oxygen atoms in total. The minimum absolute atomic E-state index is 0.0981. The van der Waals surface area contributed by atoms with E-state index >= 15 is 0 Å². The fraction of sp³-hybridized carbons (Fsp3) is 0.250. The quantitative estimate of drug-likeness (QED) is 0.377. The van der Waals surface area contributed by atoms with Crippen molar-refractivity contribution in [1.29, 1.82) is 10.5 Å². The van der Waals surface area contributed by atoms with Crippen molar-refractivity contribution in [3.8, 4) is 18.0 Å². The molecule has 1 aliphatic heterocycles. The second-order valence-electron chi connectivity index (χ2n) is 6.95. The molecule has 2 aromatic rings. The summed E-state index contributed by atoms with van der Waals surface area (Å²) >= 11 is 12.0. The van der Waals surface area contributed by atoms with E-state index in [9.17, 15) is 10.4 Å². The number of rotatable bonds is 2. The smallest absolute Gasteiger partial charge is 0.212 e. The lowest BCUT2D eigenvalue weighted by molar-refractivity contribution is -0.0610. The predicted molar refractivity (Wildman–Crippen MR) is 111 cm³/mol. The lowest BCUT2D eigenvalue weighted by Crippen LogP contribution is -2.54. The molecule has 0 saturated carbocycles. The van der Waals surface area contributed by atoms with E-state index in [-0.39, 0.29) is 5.96 Å². The molecule has 2 atom stereocenters. The molecular formula is C20H17Cl2N5O2. The van der Waals surface area contributed by atoms with E-state index in [0.717, 1.165) is 0 Å². The highest BCUT2D eigenvalue weighted by atomic mass is 35.5. The summed E-state index contributed by atoms with van der Waals surface area (Å²) in [5.74, 6) is 0.628. The number of fused-ring (bicyclic) bond motifs is 1. The highest BCUT2D eigenvalue weighted by Crippen LogP contribution is 2.40. The van der Waals surface area contributed by atoms with Crippen LogP contribution in [0, 0.1) is 22.8 Å². The number of halogens is 2. The number of benzene rings is 2. The van der Waals surface area contributed by atoms with Gasteiger partial charge in [0, 0.05) is 11.3 Å². The van der Waals surface area contributed by atoms with Crippen molar-refractivity contribution in [3.05, 3.63) is 57.6 Å². The molecule has 0 spiro atoms. The number of guanidine groups is 1. The van der Waals surface area contributed by atoms with Gasteiger partial charge in [-0.25, -0.2) is 0 Å². The van der Waals surface area contributed by atoms with Crippen LogP contribution in [0.15, 0.2) is 41.4 Å². The van der Waals surface area contributed by atoms with Gasteiger partial charge in [-0.1, -0.05) is 23.2 Å². The normalized spacial score (nSPS) is 19.9. The maximum Gasteiger partial charge on any atom is 0.212 e. The molecular weight excluding hydrogens is 413 g/mol. The average molecular weight is 430 g/mol. The van der Waals surface area contributed by atoms with Crippen LogP contribution in [0.1, 0.15) is 31.0 Å². The van der Waals surface area contributed by atoms with Crippen molar-refractivity contribution in [2.45, 2.75) is 31.6 Å². The second kappa shape index (κ2) is 8.18. The Morgan fingerprint density at radius 1 is 1.17 bits per heavy atom. The lowest BCUT2D eigenvalue weighted by atomic mass is 9.86. The number of nitrogens with zero attached hydrogens (tertiary/aromatic N) is 3. The third kappa shape index (κ3) is 4.38. The van der Waals surface area contributed by atoms with Gasteiger partial charge in [-0.2, -0.15) is 10.5 Å². The molecule has 0 aliphatic carbocycles. The summed E-state index contributed by atoms with van der Waals surface area (Å²) in [6.07, 6.45) is 0.728. The van der Waals surface area contributed by atoms with Gasteiger partial charge in [0.2, 0.25) is 12.2 Å². The summed E-state index contributed by atoms with van der Waals surface area (Å²) in [6, 6.07) is 11.2. The van der Waals surface area contributed by atoms with Crippen LogP contribution in [0.3, 0.4) is 0 Å². The highest BCUT2D eigenvalue weighted by Gasteiger charge is 2.43. The molecule has 29 heavy (non-hydrogen) atoms. The summed E-state index contributed by atoms with van der Waals surface area (Å²) in [6.45, 7) is 3.50. The summed E-state index contributed by atoms with van der Waals surface area (Å²) in [5.41, 5.74) is 0.632. The van der Waals surface area contributed by atoms with Crippen LogP contribution in [0.25, 0.3) is 0 Å². The van der Waals surface area contributed by atoms with Gasteiger partial charge >= 0.3 is 0 Å². The number of nitrogens with one attached hydrogen (secondary N) is 2. The SMILES string of the molecule is CC1(C)Oc2ccc(C#N)cc2C(N/C(=N\C#N)Nc2ccc(Cl)c(Cl)c2)C1O. The summed E-state index contributed by atoms with van der Waals surface area (Å²) in [5, 5.41) is 36.0. The van der Waals surface area contributed by atoms with Gasteiger partial charge in [0.05, 0.1) is 27.7 Å². The molecule has 1 aliphatic rings. The van der Waals surface area contributed by atoms with Crippen LogP contribution >= 0.6 is 23.2 Å². The molecule has 9 heteroatoms. The maximum atomic E-state index is 10.9. The first-order valence-electron chi connectivity index (χ1n) is 8.61. The monoisotopic (exact) mass is 429 g/mol. The predicted octanol–water partition coefficient (Wildman–Crippen LogP) is 3.98. The van der Waals surface area contributed by atoms with Crippen molar-refractivity contribution < 1.29 is 9.84 Å². The molecule has 3 rings (SSSR count). The van der Waals surface area contributed by atoms with Gasteiger partial charge in [0.15, 0.2) is 0 Å². The van der Waals surface area contributed by atoms with Crippen LogP contribution in [0.5, 0.6) is 5.75 Å². The summed E-state index contributed by atoms with van der Waals surface area (Å²) in [4.78, 5) is 3.77. The van der Waals surface area contributed by atoms with E-state index in [0.29, 0.717) is 32.6 Å². The second-order valence-corrected chi connectivity index (χ2v) is 7.77. The van der Waals surface area contributed by atoms with Crippen molar-refractivity contribution in [2.24, 2.45) is 4.99 Å². The zero-order valence-corrected chi connectivity index (χ0v) is 17.1. The van der Waals surface area contributed by atoms with Crippen LogP contribution in [-0.2, 0) is 0 Å². The van der Waals surface area contributed by atoms with Gasteiger partial charge < -0.3 is 20.5 Å². The molecule has 3 N–H and O–H groups in total. The van der Waals surface area contributed by atoms with Crippen LogP contribution in [0.2, 0.25) is 10.0 Å². The van der Waals surface area contributed by atoms with Gasteiger partial charge in [-0.15, -0.1) is 4.99 Å². The maximum absolute atomic E-state index is 10.9. The van der Waals surface area contributed by atoms with E-state index < -0.39 is 17.7 Å². The molecule has 2 aromatic carbocycles. The molecule has 0 radical (unpaired) electrons. The fourth-order valence-electron chi connectivity index (χ4n) is 3.03. The Kier molecular flexibility index (Phi) is 5.86. The van der Waals surface area contributed by atoms with Gasteiger partial charge in [-0.05, 0) is 50.2 Å². The first-order chi connectivity index (χ1) is 13.7. The van der Waals surface area contributed by atoms with Crippen molar-refractivity contribution in [3.63, 3.8) is 0 Å². The molecule has 1 heterocycles. The first kappa shape index (κ1) is 20.8. The lowest BCUT2D eigenvalue weighted by Gasteiger charge is -2.42. The van der Waals surface area contributed by atoms with Gasteiger partial charge in [0.1, 0.15) is 17.5 Å². The Balaban J connectivity index is 1.96. The molecule has 148 valence electrons. The number of aliphatic hydroxyl groups is 1. The van der Waals surface area contributed by atoms with Gasteiger partial charge in [0.25, 0.3) is 0 Å². The fourth-order valence-corrected chi connectivity index (χ4v) is 3.33. The topological polar surface area (TPSA) is 113 Å². The van der Waals surface area contributed by atoms with Crippen LogP contribution in [-0.4, -0.2) is 22.8 Å². The molecule has 2 unspecified atom stereocenters. The molecule has 0 amide bonds. The van der Waals surface area contributed by atoms with E-state index in [4.69, 9.17) is 33.2 Å². The van der Waals surface area contributed by atoms with Crippen LogP contribution in [0.4, 0.5) is 5.69 Å². The van der Waals surface area contributed by atoms with Crippen LogP contribution < -0.4 is 15.4 Å². The number of aliphatic imine (C=N–C) groups is 1. The van der Waals surface area contributed by atoms with E-state index in [1.54, 1.807) is 56.4 Å². The van der Waals surface area contributed by atoms with Crippen molar-refractivity contribution >= 4 is 34.8 Å². The van der Waals surface area contributed by atoms with E-state index in [1.165, 1.54) is 0 Å². The molecule has 0 aromatic heterocycles. The number of hydrogen-bond donors (Lipinski definition) is 3. The zero-order chi connectivity index (χ0) is 21.2. The minimum atomic E-state index is -0.997. The number of nitriles is 2. The highest BCUT2D eigenvalue weighted by molar-refractivity contribution is 6.42. The average Bonchev–Trinajstić information content (AvgIpc) is 2.68. The van der Waals surface area contributed by atoms with Crippen molar-refractivity contribution in [2.75, 3.05) is 5.32 Å². The Morgan fingerprint density at radius 3 is 2.59 bits per heavy atom. The number of hydrogen-bond acceptors (Lipinski definition) is 5. The standard InChI is InChI=1S/C20H17Cl2N5O2/c1-20(2)18(28)17(13-7-11(9-23)3-6-16(13)29-20)27-19(25-10-24)26-12-4-5-14(21)15(22)8-12/h3-8,17-18,28H,1-2H3,(H2,25,26,27). The Labute approximate surface area is 178 Å². The number of anilines is 1. The Bertz CT molecular complexity index is 1060. The Hall–Kier alpha value is -2.97. The minimum Gasteiger partial charge on any atom is -0.485 e. The molecule has 0 saturated heterocycles. The Morgan fingerprint density at radius 2 is 1.93 bits per heavy atom. The number of ether oxygens (including phenoxy) is 1. The largest absolute Gasteiger partial charge is 0.485 e. The van der Waals surface area contributed by atoms with E-state index in [1.807, 2.05) is 0 Å². The molecule has 0 fully saturated rings. The summed E-state index contributed by atoms with van der Waals surface area (Å²) < 4.78 is 5.89. The summed E-state index contributed by atoms with van der Waals surface area (Å²) in [7, 11) is 0. The van der Waals surface area contributed by atoms with Gasteiger partial charge in [-0.3, -0.25) is 0 Å². The van der Waals surface area contributed by atoms with Crippen molar-refractivity contribution in [1.82, 2.24) is 5.32 Å².